The average molecular weight is 688 g/mol. The zero-order chi connectivity index (χ0) is 28.9. The second-order valence-electron chi connectivity index (χ2n) is 10.7. The highest BCUT2D eigenvalue weighted by molar-refractivity contribution is 9.10. The van der Waals surface area contributed by atoms with Crippen molar-refractivity contribution < 1.29 is 19.4 Å². The Hall–Kier alpha value is -2.85. The van der Waals surface area contributed by atoms with Crippen LogP contribution in [0.3, 0.4) is 0 Å². The van der Waals surface area contributed by atoms with E-state index >= 15 is 0 Å². The van der Waals surface area contributed by atoms with E-state index < -0.39 is 5.97 Å². The number of anilines is 2. The Kier molecular flexibility index (Phi) is 9.70. The summed E-state index contributed by atoms with van der Waals surface area (Å²) in [6.45, 7) is 7.98. The molecule has 10 heteroatoms. The SMILES string of the molecule is CCN(Cc1c(OCC2CC2)ccc(Br)c1N(CC)Cc1cc(Br)ccc1OCC1CC1)c1ccnnc1C(=O)O. The van der Waals surface area contributed by atoms with Crippen molar-refractivity contribution in [2.45, 2.75) is 52.6 Å². The zero-order valence-electron chi connectivity index (χ0n) is 23.5. The number of aromatic nitrogens is 2. The van der Waals surface area contributed by atoms with Gasteiger partial charge in [-0.2, -0.15) is 5.10 Å². The molecular formula is C31H36Br2N4O4. The summed E-state index contributed by atoms with van der Waals surface area (Å²) in [5.74, 6) is 1.87. The maximum Gasteiger partial charge on any atom is 0.358 e. The van der Waals surface area contributed by atoms with Crippen LogP contribution in [-0.4, -0.2) is 47.6 Å². The van der Waals surface area contributed by atoms with E-state index in [1.807, 2.05) is 36.1 Å². The summed E-state index contributed by atoms with van der Waals surface area (Å²) in [7, 11) is 0. The maximum atomic E-state index is 12.0. The fourth-order valence-corrected chi connectivity index (χ4v) is 5.89. The molecule has 1 heterocycles. The molecule has 2 fully saturated rings. The van der Waals surface area contributed by atoms with Crippen molar-refractivity contribution in [2.24, 2.45) is 11.8 Å². The van der Waals surface area contributed by atoms with Gasteiger partial charge >= 0.3 is 5.97 Å². The molecule has 0 aliphatic heterocycles. The second kappa shape index (κ2) is 13.4. The number of carboxylic acids is 1. The minimum atomic E-state index is -1.10. The van der Waals surface area contributed by atoms with Crippen LogP contribution in [0.2, 0.25) is 0 Å². The van der Waals surface area contributed by atoms with Gasteiger partial charge in [-0.1, -0.05) is 15.9 Å². The molecule has 0 saturated heterocycles. The first kappa shape index (κ1) is 29.6. The van der Waals surface area contributed by atoms with E-state index in [4.69, 9.17) is 9.47 Å². The van der Waals surface area contributed by atoms with Gasteiger partial charge in [-0.05, 0) is 104 Å². The Balaban J connectivity index is 1.53. The number of nitrogens with zero attached hydrogens (tertiary/aromatic N) is 4. The average Bonchev–Trinajstić information content (AvgIpc) is 3.90. The molecule has 1 N–H and O–H groups in total. The smallest absolute Gasteiger partial charge is 0.358 e. The first-order chi connectivity index (χ1) is 19.9. The van der Waals surface area contributed by atoms with E-state index in [1.54, 1.807) is 6.07 Å². The Labute approximate surface area is 258 Å². The molecular weight excluding hydrogens is 652 g/mol. The number of benzene rings is 2. The first-order valence-corrected chi connectivity index (χ1v) is 15.9. The van der Waals surface area contributed by atoms with Gasteiger partial charge in [0.05, 0.1) is 30.8 Å². The summed E-state index contributed by atoms with van der Waals surface area (Å²) in [4.78, 5) is 16.3. The molecule has 2 aliphatic carbocycles. The quantitative estimate of drug-likeness (QED) is 0.178. The molecule has 2 aromatic carbocycles. The second-order valence-corrected chi connectivity index (χ2v) is 12.5. The summed E-state index contributed by atoms with van der Waals surface area (Å²) >= 11 is 7.51. The summed E-state index contributed by atoms with van der Waals surface area (Å²) in [5, 5.41) is 17.5. The lowest BCUT2D eigenvalue weighted by Gasteiger charge is -2.32. The topological polar surface area (TPSA) is 88.0 Å². The summed E-state index contributed by atoms with van der Waals surface area (Å²) in [6.07, 6.45) is 6.39. The molecule has 0 spiro atoms. The van der Waals surface area contributed by atoms with Crippen LogP contribution in [0, 0.1) is 11.8 Å². The number of hydrogen-bond acceptors (Lipinski definition) is 7. The van der Waals surface area contributed by atoms with Gasteiger partial charge in [-0.3, -0.25) is 0 Å². The van der Waals surface area contributed by atoms with Gasteiger partial charge in [0.25, 0.3) is 0 Å². The standard InChI is InChI=1S/C31H36Br2N4O4/c1-3-36(26-13-14-34-35-29(26)31(38)39)17-24-28(41-19-21-7-8-21)12-10-25(33)30(24)37(4-2)16-22-15-23(32)9-11-27(22)40-18-20-5-6-20/h9-15,20-21H,3-8,16-19H2,1-2H3,(H,38,39). The third kappa shape index (κ3) is 7.52. The Morgan fingerprint density at radius 1 is 0.927 bits per heavy atom. The van der Waals surface area contributed by atoms with E-state index in [9.17, 15) is 9.90 Å². The van der Waals surface area contributed by atoms with Gasteiger partial charge in [-0.15, -0.1) is 5.10 Å². The van der Waals surface area contributed by atoms with Crippen molar-refractivity contribution >= 4 is 49.2 Å². The van der Waals surface area contributed by atoms with Gasteiger partial charge in [0, 0.05) is 46.3 Å². The minimum absolute atomic E-state index is 0.0646. The molecule has 3 aromatic rings. The molecule has 0 amide bonds. The molecule has 2 aliphatic rings. The fourth-order valence-electron chi connectivity index (χ4n) is 4.86. The van der Waals surface area contributed by atoms with Crippen molar-refractivity contribution in [3.05, 3.63) is 68.4 Å². The minimum Gasteiger partial charge on any atom is -0.493 e. The Morgan fingerprint density at radius 3 is 2.22 bits per heavy atom. The number of carboxylic acid groups (broad SMARTS) is 1. The number of hydrogen-bond donors (Lipinski definition) is 1. The molecule has 0 bridgehead atoms. The lowest BCUT2D eigenvalue weighted by molar-refractivity contribution is 0.0690. The molecule has 1 aromatic heterocycles. The fraction of sp³-hybridized carbons (Fsp3) is 0.452. The van der Waals surface area contributed by atoms with Gasteiger partial charge in [0.15, 0.2) is 5.69 Å². The highest BCUT2D eigenvalue weighted by Gasteiger charge is 2.27. The third-order valence-corrected chi connectivity index (χ3v) is 8.72. The van der Waals surface area contributed by atoms with Crippen molar-refractivity contribution in [1.82, 2.24) is 10.2 Å². The molecule has 0 unspecified atom stereocenters. The van der Waals surface area contributed by atoms with Crippen molar-refractivity contribution in [3.8, 4) is 11.5 Å². The number of rotatable bonds is 15. The zero-order valence-corrected chi connectivity index (χ0v) is 26.7. The Bertz CT molecular complexity index is 1380. The van der Waals surface area contributed by atoms with Crippen molar-refractivity contribution in [2.75, 3.05) is 36.1 Å². The molecule has 8 nitrogen and oxygen atoms in total. The molecule has 218 valence electrons. The predicted molar refractivity (Wildman–Crippen MR) is 167 cm³/mol. The van der Waals surface area contributed by atoms with Crippen LogP contribution in [0.25, 0.3) is 0 Å². The lowest BCUT2D eigenvalue weighted by atomic mass is 10.1. The van der Waals surface area contributed by atoms with Crippen LogP contribution in [-0.2, 0) is 13.1 Å². The van der Waals surface area contributed by atoms with Crippen molar-refractivity contribution in [1.29, 1.82) is 0 Å². The van der Waals surface area contributed by atoms with Crippen LogP contribution in [0.5, 0.6) is 11.5 Å². The van der Waals surface area contributed by atoms with Crippen LogP contribution < -0.4 is 19.3 Å². The predicted octanol–water partition coefficient (Wildman–Crippen LogP) is 7.33. The van der Waals surface area contributed by atoms with E-state index in [0.29, 0.717) is 43.8 Å². The van der Waals surface area contributed by atoms with Gasteiger partial charge in [0.1, 0.15) is 11.5 Å². The van der Waals surface area contributed by atoms with E-state index in [1.165, 1.54) is 31.9 Å². The normalized spacial score (nSPS) is 14.5. The largest absolute Gasteiger partial charge is 0.493 e. The lowest BCUT2D eigenvalue weighted by Crippen LogP contribution is -2.29. The highest BCUT2D eigenvalue weighted by atomic mass is 79.9. The monoisotopic (exact) mass is 686 g/mol. The molecule has 41 heavy (non-hydrogen) atoms. The Morgan fingerprint density at radius 2 is 1.59 bits per heavy atom. The van der Waals surface area contributed by atoms with Crippen LogP contribution >= 0.6 is 31.9 Å². The van der Waals surface area contributed by atoms with E-state index in [2.05, 4.69) is 59.9 Å². The molecule has 2 saturated carbocycles. The highest BCUT2D eigenvalue weighted by Crippen LogP contribution is 2.41. The van der Waals surface area contributed by atoms with Crippen LogP contribution in [0.1, 0.15) is 61.1 Å². The number of halogens is 2. The first-order valence-electron chi connectivity index (χ1n) is 14.3. The molecule has 0 radical (unpaired) electrons. The van der Waals surface area contributed by atoms with E-state index in [0.717, 1.165) is 50.4 Å². The van der Waals surface area contributed by atoms with Gasteiger partial charge < -0.3 is 24.4 Å². The summed E-state index contributed by atoms with van der Waals surface area (Å²) < 4.78 is 14.6. The number of aromatic carboxylic acids is 1. The summed E-state index contributed by atoms with van der Waals surface area (Å²) in [6, 6.07) is 12.0. The van der Waals surface area contributed by atoms with E-state index in [-0.39, 0.29) is 5.69 Å². The van der Waals surface area contributed by atoms with Gasteiger partial charge in [-0.25, -0.2) is 4.79 Å². The van der Waals surface area contributed by atoms with Crippen molar-refractivity contribution in [3.63, 3.8) is 0 Å². The molecule has 5 rings (SSSR count). The third-order valence-electron chi connectivity index (χ3n) is 7.59. The van der Waals surface area contributed by atoms with Gasteiger partial charge in [0.2, 0.25) is 0 Å². The molecule has 0 atom stereocenters. The maximum absolute atomic E-state index is 12.0. The number of ether oxygens (including phenoxy) is 2. The van der Waals surface area contributed by atoms with Crippen LogP contribution in [0.4, 0.5) is 11.4 Å². The summed E-state index contributed by atoms with van der Waals surface area (Å²) in [5.41, 5.74) is 3.58. The van der Waals surface area contributed by atoms with Crippen LogP contribution in [0.15, 0.2) is 51.5 Å². The number of carbonyl (C=O) groups is 1.